The minimum absolute atomic E-state index is 0.0416. The van der Waals surface area contributed by atoms with Crippen LogP contribution in [-0.2, 0) is 43.2 Å². The summed E-state index contributed by atoms with van der Waals surface area (Å²) in [5.41, 5.74) is 28.6. The van der Waals surface area contributed by atoms with Gasteiger partial charge in [-0.3, -0.25) is 38.4 Å². The van der Waals surface area contributed by atoms with E-state index >= 15 is 0 Å². The topological polar surface area (TPSA) is 449 Å². The first-order valence-electron chi connectivity index (χ1n) is 23.5. The number of amides is 7. The van der Waals surface area contributed by atoms with Crippen LogP contribution in [0, 0.1) is 5.92 Å². The number of aliphatic carboxylic acids is 2. The van der Waals surface area contributed by atoms with Gasteiger partial charge < -0.3 is 86.3 Å². The van der Waals surface area contributed by atoms with Crippen molar-refractivity contribution in [2.24, 2.45) is 34.6 Å². The van der Waals surface area contributed by atoms with E-state index < -0.39 is 127 Å². The fourth-order valence-corrected chi connectivity index (χ4v) is 6.82. The second-order valence-corrected chi connectivity index (χ2v) is 17.4. The molecule has 0 aliphatic carbocycles. The highest BCUT2D eigenvalue weighted by Crippen LogP contribution is 2.12. The van der Waals surface area contributed by atoms with Gasteiger partial charge in [0.05, 0.1) is 18.2 Å². The number of hydrogen-bond acceptors (Lipinski definition) is 16. The van der Waals surface area contributed by atoms with Gasteiger partial charge in [0.1, 0.15) is 36.3 Å². The average molecular weight is 975 g/mol. The van der Waals surface area contributed by atoms with Crippen LogP contribution in [0.4, 0.5) is 0 Å². The molecule has 0 rings (SSSR count). The number of nitrogens with two attached hydrogens (primary N) is 5. The third-order valence-electron chi connectivity index (χ3n) is 10.8. The summed E-state index contributed by atoms with van der Waals surface area (Å²) in [6.07, 6.45) is -0.103. The zero-order valence-electron chi connectivity index (χ0n) is 40.1. The number of nitrogens with one attached hydrogen (secondary N) is 7. The number of carbonyl (C=O) groups excluding carboxylic acids is 7. The molecule has 0 radical (unpaired) electrons. The summed E-state index contributed by atoms with van der Waals surface area (Å²) in [5.74, 6) is -9.20. The summed E-state index contributed by atoms with van der Waals surface area (Å²) in [4.78, 5) is 119. The van der Waals surface area contributed by atoms with Crippen LogP contribution in [0.5, 0.6) is 0 Å². The predicted molar refractivity (Wildman–Crippen MR) is 250 cm³/mol. The van der Waals surface area contributed by atoms with E-state index in [2.05, 4.69) is 37.2 Å². The van der Waals surface area contributed by atoms with E-state index in [-0.39, 0.29) is 57.5 Å². The second-order valence-electron chi connectivity index (χ2n) is 17.4. The number of rotatable bonds is 38. The lowest BCUT2D eigenvalue weighted by atomic mass is 10.0. The highest BCUT2D eigenvalue weighted by Gasteiger charge is 2.36. The molecule has 0 aromatic heterocycles. The fraction of sp³-hybridized carbons (Fsp3) is 0.791. The molecule has 0 fully saturated rings. The SMILES string of the molecule is CC(C)C[C@H](NC(=O)[C@H](CCCCN)NC(=O)[C@@H](N)CCCCN)C(=O)N[C@@H](CCC(=O)O)C(=O)N[C@@H](CCCCN)C(=O)N[C@@H](CCCCN)C(=O)N[C@H](C(=O)N[C@H](C(=O)O)[C@@H](C)O)[C@@H](C)O. The Morgan fingerprint density at radius 1 is 0.412 bits per heavy atom. The molecule has 0 aliphatic rings. The lowest BCUT2D eigenvalue weighted by molar-refractivity contribution is -0.146. The van der Waals surface area contributed by atoms with E-state index in [1.807, 2.05) is 0 Å². The molecule has 68 heavy (non-hydrogen) atoms. The smallest absolute Gasteiger partial charge is 0.328 e. The summed E-state index contributed by atoms with van der Waals surface area (Å²) in [7, 11) is 0. The van der Waals surface area contributed by atoms with Gasteiger partial charge in [-0.1, -0.05) is 20.3 Å². The molecule has 0 unspecified atom stereocenters. The number of unbranched alkanes of at least 4 members (excludes halogenated alkanes) is 4. The van der Waals surface area contributed by atoms with Crippen molar-refractivity contribution < 1.29 is 63.6 Å². The number of aliphatic hydroxyl groups is 2. The summed E-state index contributed by atoms with van der Waals surface area (Å²) in [5, 5.41) is 56.6. The van der Waals surface area contributed by atoms with Crippen LogP contribution in [0.2, 0.25) is 0 Å². The molecular formula is C43H82N12O13. The summed E-state index contributed by atoms with van der Waals surface area (Å²) >= 11 is 0. The van der Waals surface area contributed by atoms with Crippen molar-refractivity contribution in [3.8, 4) is 0 Å². The molecule has 392 valence electrons. The molecule has 0 bridgehead atoms. The molecule has 0 saturated carbocycles. The lowest BCUT2D eigenvalue weighted by Gasteiger charge is -2.29. The maximum atomic E-state index is 14.0. The lowest BCUT2D eigenvalue weighted by Crippen LogP contribution is -2.61. The highest BCUT2D eigenvalue weighted by molar-refractivity contribution is 5.97. The Labute approximate surface area is 398 Å². The Bertz CT molecular complexity index is 1590. The average Bonchev–Trinajstić information content (AvgIpc) is 3.26. The number of carboxylic acid groups (broad SMARTS) is 2. The molecule has 21 N–H and O–H groups in total. The Morgan fingerprint density at radius 2 is 0.735 bits per heavy atom. The van der Waals surface area contributed by atoms with E-state index in [0.29, 0.717) is 58.0 Å². The summed E-state index contributed by atoms with van der Waals surface area (Å²) in [6, 6.07) is -11.2. The van der Waals surface area contributed by atoms with Crippen LogP contribution in [0.15, 0.2) is 0 Å². The largest absolute Gasteiger partial charge is 0.481 e. The van der Waals surface area contributed by atoms with Crippen molar-refractivity contribution in [1.29, 1.82) is 0 Å². The minimum Gasteiger partial charge on any atom is -0.481 e. The predicted octanol–water partition coefficient (Wildman–Crippen LogP) is -4.02. The van der Waals surface area contributed by atoms with Crippen molar-refractivity contribution in [2.45, 2.75) is 185 Å². The summed E-state index contributed by atoms with van der Waals surface area (Å²) in [6.45, 7) is 7.00. The van der Waals surface area contributed by atoms with Crippen LogP contribution >= 0.6 is 0 Å². The Kier molecular flexibility index (Phi) is 32.5. The number of aliphatic hydroxyl groups excluding tert-OH is 2. The van der Waals surface area contributed by atoms with Crippen molar-refractivity contribution in [2.75, 3.05) is 26.2 Å². The van der Waals surface area contributed by atoms with Crippen molar-refractivity contribution in [1.82, 2.24) is 37.2 Å². The fourth-order valence-electron chi connectivity index (χ4n) is 6.82. The monoisotopic (exact) mass is 975 g/mol. The molecule has 25 heteroatoms. The number of carboxylic acids is 2. The van der Waals surface area contributed by atoms with Crippen molar-refractivity contribution in [3.63, 3.8) is 0 Å². The van der Waals surface area contributed by atoms with Gasteiger partial charge in [-0.2, -0.15) is 0 Å². The van der Waals surface area contributed by atoms with Crippen LogP contribution in [0.25, 0.3) is 0 Å². The van der Waals surface area contributed by atoms with E-state index in [9.17, 15) is 63.6 Å². The Morgan fingerprint density at radius 3 is 1.09 bits per heavy atom. The Hall–Kier alpha value is -5.05. The molecule has 7 amide bonds. The quantitative estimate of drug-likeness (QED) is 0.0262. The first-order valence-corrected chi connectivity index (χ1v) is 23.5. The molecule has 0 aromatic rings. The maximum Gasteiger partial charge on any atom is 0.328 e. The first-order chi connectivity index (χ1) is 32.0. The summed E-state index contributed by atoms with van der Waals surface area (Å²) < 4.78 is 0. The molecule has 0 heterocycles. The highest BCUT2D eigenvalue weighted by atomic mass is 16.4. The number of hydrogen-bond donors (Lipinski definition) is 16. The molecule has 0 aromatic carbocycles. The zero-order chi connectivity index (χ0) is 51.9. The van der Waals surface area contributed by atoms with Crippen LogP contribution < -0.4 is 65.9 Å². The minimum atomic E-state index is -1.78. The first kappa shape index (κ1) is 63.0. The van der Waals surface area contributed by atoms with Gasteiger partial charge in [-0.25, -0.2) is 4.79 Å². The molecular weight excluding hydrogens is 893 g/mol. The van der Waals surface area contributed by atoms with E-state index in [1.54, 1.807) is 13.8 Å². The number of carbonyl (C=O) groups is 9. The molecule has 25 nitrogen and oxygen atoms in total. The van der Waals surface area contributed by atoms with E-state index in [1.165, 1.54) is 0 Å². The third-order valence-corrected chi connectivity index (χ3v) is 10.8. The van der Waals surface area contributed by atoms with E-state index in [4.69, 9.17) is 28.7 Å². The van der Waals surface area contributed by atoms with Gasteiger partial charge >= 0.3 is 11.9 Å². The van der Waals surface area contributed by atoms with E-state index in [0.717, 1.165) is 13.8 Å². The van der Waals surface area contributed by atoms with Crippen LogP contribution in [-0.4, -0.2) is 160 Å². The molecule has 10 atom stereocenters. The standard InChI is InChI=1S/C43H82N12O13/c1-24(2)23-32(53-38(62)28(14-6-10-20-45)49-36(60)27(48)13-5-9-19-44)41(65)52-31(17-18-33(58)59)39(63)50-29(15-7-11-21-46)37(61)51-30(16-8-12-22-47)40(64)54-34(25(3)56)42(66)55-35(26(4)57)43(67)68/h24-32,34-35,56-57H,5-23,44-48H2,1-4H3,(H,49,60)(H,50,63)(H,51,61)(H,52,65)(H,53,62)(H,54,64)(H,55,66)(H,58,59)(H,67,68)/t25-,26-,27+,28+,29+,30+,31+,32+,34+,35+/m1/s1. The molecule has 0 spiro atoms. The normalized spacial score (nSPS) is 15.7. The third kappa shape index (κ3) is 25.9. The van der Waals surface area contributed by atoms with Crippen molar-refractivity contribution in [3.05, 3.63) is 0 Å². The van der Waals surface area contributed by atoms with Gasteiger partial charge in [-0.05, 0) is 129 Å². The van der Waals surface area contributed by atoms with Gasteiger partial charge in [0.25, 0.3) is 0 Å². The van der Waals surface area contributed by atoms with Crippen LogP contribution in [0.1, 0.15) is 124 Å². The Balaban J connectivity index is 6.66. The molecule has 0 saturated heterocycles. The maximum absolute atomic E-state index is 14.0. The molecule has 0 aliphatic heterocycles. The second kappa shape index (κ2) is 35.1. The van der Waals surface area contributed by atoms with Gasteiger partial charge in [-0.15, -0.1) is 0 Å². The zero-order valence-corrected chi connectivity index (χ0v) is 40.1. The van der Waals surface area contributed by atoms with Gasteiger partial charge in [0.2, 0.25) is 41.4 Å². The van der Waals surface area contributed by atoms with Gasteiger partial charge in [0, 0.05) is 6.42 Å². The van der Waals surface area contributed by atoms with Crippen molar-refractivity contribution >= 4 is 53.3 Å². The van der Waals surface area contributed by atoms with Gasteiger partial charge in [0.15, 0.2) is 6.04 Å². The van der Waals surface area contributed by atoms with Crippen LogP contribution in [0.3, 0.4) is 0 Å².